The lowest BCUT2D eigenvalue weighted by molar-refractivity contribution is -0.120. The molecule has 1 aromatic heterocycles. The van der Waals surface area contributed by atoms with Gasteiger partial charge in [-0.1, -0.05) is 0 Å². The van der Waals surface area contributed by atoms with E-state index in [1.807, 2.05) is 6.92 Å². The normalized spacial score (nSPS) is 10.2. The summed E-state index contributed by atoms with van der Waals surface area (Å²) in [4.78, 5) is 38.4. The van der Waals surface area contributed by atoms with Gasteiger partial charge in [-0.05, 0) is 31.2 Å². The van der Waals surface area contributed by atoms with Crippen molar-refractivity contribution in [1.29, 1.82) is 0 Å². The van der Waals surface area contributed by atoms with Crippen molar-refractivity contribution in [2.45, 2.75) is 13.3 Å². The molecule has 0 aliphatic heterocycles. The van der Waals surface area contributed by atoms with Gasteiger partial charge in [0.2, 0.25) is 5.91 Å². The molecule has 0 atom stereocenters. The molecule has 2 amide bonds. The van der Waals surface area contributed by atoms with Crippen LogP contribution in [0.4, 0.5) is 0 Å². The van der Waals surface area contributed by atoms with Crippen molar-refractivity contribution in [1.82, 2.24) is 15.6 Å². The van der Waals surface area contributed by atoms with Crippen LogP contribution in [-0.2, 0) is 11.2 Å². The Balaban J connectivity index is 1.70. The second kappa shape index (κ2) is 9.52. The zero-order chi connectivity index (χ0) is 18.9. The highest BCUT2D eigenvalue weighted by Gasteiger charge is 2.10. The van der Waals surface area contributed by atoms with Gasteiger partial charge in [-0.3, -0.25) is 9.59 Å². The molecule has 9 heteroatoms. The molecule has 0 unspecified atom stereocenters. The van der Waals surface area contributed by atoms with Crippen molar-refractivity contribution in [2.75, 3.05) is 19.7 Å². The molecule has 0 saturated heterocycles. The molecule has 0 aliphatic carbocycles. The molecule has 8 nitrogen and oxygen atoms in total. The first-order valence-corrected chi connectivity index (χ1v) is 8.83. The van der Waals surface area contributed by atoms with Crippen LogP contribution in [0.3, 0.4) is 0 Å². The van der Waals surface area contributed by atoms with Gasteiger partial charge in [-0.25, -0.2) is 9.78 Å². The Morgan fingerprint density at radius 1 is 1.19 bits per heavy atom. The number of carbonyl (C=O) groups excluding carboxylic acids is 2. The highest BCUT2D eigenvalue weighted by Crippen LogP contribution is 2.12. The van der Waals surface area contributed by atoms with Crippen LogP contribution >= 0.6 is 11.3 Å². The molecule has 1 aromatic carbocycles. The van der Waals surface area contributed by atoms with E-state index in [0.717, 1.165) is 0 Å². The number of carboxylic acids is 1. The minimum Gasteiger partial charge on any atom is -0.494 e. The summed E-state index contributed by atoms with van der Waals surface area (Å²) >= 11 is 1.23. The summed E-state index contributed by atoms with van der Waals surface area (Å²) in [7, 11) is 0. The molecule has 0 bridgehead atoms. The van der Waals surface area contributed by atoms with E-state index in [-0.39, 0.29) is 24.1 Å². The lowest BCUT2D eigenvalue weighted by atomic mass is 10.2. The molecule has 2 aromatic rings. The van der Waals surface area contributed by atoms with Crippen LogP contribution in [0.15, 0.2) is 29.6 Å². The number of carbonyl (C=O) groups is 3. The average Bonchev–Trinajstić information content (AvgIpc) is 3.10. The van der Waals surface area contributed by atoms with Gasteiger partial charge in [0.25, 0.3) is 5.91 Å². The van der Waals surface area contributed by atoms with Crippen LogP contribution in [0, 0.1) is 0 Å². The summed E-state index contributed by atoms with van der Waals surface area (Å²) in [5.41, 5.74) is 0.434. The molecule has 3 N–H and O–H groups in total. The number of aromatic carboxylic acids is 1. The van der Waals surface area contributed by atoms with E-state index in [0.29, 0.717) is 35.9 Å². The highest BCUT2D eigenvalue weighted by molar-refractivity contribution is 7.09. The van der Waals surface area contributed by atoms with E-state index in [2.05, 4.69) is 15.6 Å². The predicted molar refractivity (Wildman–Crippen MR) is 95.7 cm³/mol. The summed E-state index contributed by atoms with van der Waals surface area (Å²) in [6.45, 7) is 2.58. The van der Waals surface area contributed by atoms with E-state index in [9.17, 15) is 14.4 Å². The van der Waals surface area contributed by atoms with Gasteiger partial charge in [0.05, 0.1) is 18.2 Å². The lowest BCUT2D eigenvalue weighted by Gasteiger charge is -2.07. The number of nitrogens with zero attached hydrogens (tertiary/aromatic N) is 1. The van der Waals surface area contributed by atoms with Gasteiger partial charge in [0.1, 0.15) is 5.75 Å². The van der Waals surface area contributed by atoms with Crippen LogP contribution in [0.2, 0.25) is 0 Å². The number of hydrogen-bond donors (Lipinski definition) is 3. The molecule has 0 saturated carbocycles. The molecule has 0 fully saturated rings. The fourth-order valence-corrected chi connectivity index (χ4v) is 2.80. The number of aromatic nitrogens is 1. The maximum atomic E-state index is 12.0. The standard InChI is InChI=1S/C17H19N3O5S/c1-2-25-12-5-3-11(4-6-12)16(22)19-9-14(21)18-8-7-15-20-13(10-26-15)17(23)24/h3-6,10H,2,7-9H2,1H3,(H,18,21)(H,19,22)(H,23,24). The zero-order valence-electron chi connectivity index (χ0n) is 14.2. The molecule has 2 rings (SSSR count). The highest BCUT2D eigenvalue weighted by atomic mass is 32.1. The van der Waals surface area contributed by atoms with Gasteiger partial charge >= 0.3 is 5.97 Å². The Bertz CT molecular complexity index is 773. The Morgan fingerprint density at radius 3 is 2.54 bits per heavy atom. The van der Waals surface area contributed by atoms with Crippen LogP contribution < -0.4 is 15.4 Å². The molecule has 138 valence electrons. The fourth-order valence-electron chi connectivity index (χ4n) is 2.03. The average molecular weight is 377 g/mol. The van der Waals surface area contributed by atoms with Crippen molar-refractivity contribution < 1.29 is 24.2 Å². The Kier molecular flexibility index (Phi) is 7.10. The third-order valence-corrected chi connectivity index (χ3v) is 4.18. The Morgan fingerprint density at radius 2 is 1.92 bits per heavy atom. The third kappa shape index (κ3) is 5.85. The molecule has 1 heterocycles. The van der Waals surface area contributed by atoms with E-state index in [4.69, 9.17) is 9.84 Å². The minimum absolute atomic E-state index is 0.000977. The van der Waals surface area contributed by atoms with Crippen LogP contribution in [0.1, 0.15) is 32.8 Å². The number of amides is 2. The summed E-state index contributed by atoms with van der Waals surface area (Å²) in [6.07, 6.45) is 0.427. The number of ether oxygens (including phenoxy) is 1. The molecule has 26 heavy (non-hydrogen) atoms. The van der Waals surface area contributed by atoms with Gasteiger partial charge in [-0.15, -0.1) is 11.3 Å². The second-order valence-electron chi connectivity index (χ2n) is 5.17. The first-order valence-electron chi connectivity index (χ1n) is 7.95. The zero-order valence-corrected chi connectivity index (χ0v) is 15.0. The number of thiazole rings is 1. The second-order valence-corrected chi connectivity index (χ2v) is 6.11. The first-order chi connectivity index (χ1) is 12.5. The monoisotopic (exact) mass is 377 g/mol. The van der Waals surface area contributed by atoms with Crippen molar-refractivity contribution in [3.05, 3.63) is 45.9 Å². The number of carboxylic acid groups (broad SMARTS) is 1. The largest absolute Gasteiger partial charge is 0.494 e. The number of hydrogen-bond acceptors (Lipinski definition) is 6. The maximum absolute atomic E-state index is 12.0. The summed E-state index contributed by atoms with van der Waals surface area (Å²) < 4.78 is 5.30. The summed E-state index contributed by atoms with van der Waals surface area (Å²) in [5.74, 6) is -1.09. The molecular weight excluding hydrogens is 358 g/mol. The molecular formula is C17H19N3O5S. The Labute approximate surface area is 154 Å². The van der Waals surface area contributed by atoms with Crippen molar-refractivity contribution in [3.8, 4) is 5.75 Å². The van der Waals surface area contributed by atoms with Crippen LogP contribution in [0.5, 0.6) is 5.75 Å². The van der Waals surface area contributed by atoms with E-state index in [1.54, 1.807) is 24.3 Å². The molecule has 0 spiro atoms. The Hall–Kier alpha value is -2.94. The van der Waals surface area contributed by atoms with Crippen molar-refractivity contribution >= 4 is 29.1 Å². The number of nitrogens with one attached hydrogen (secondary N) is 2. The fraction of sp³-hybridized carbons (Fsp3) is 0.294. The quantitative estimate of drug-likeness (QED) is 0.607. The molecule has 0 aliphatic rings. The molecule has 0 radical (unpaired) electrons. The van der Waals surface area contributed by atoms with Crippen molar-refractivity contribution in [2.24, 2.45) is 0 Å². The van der Waals surface area contributed by atoms with Crippen LogP contribution in [-0.4, -0.2) is 47.6 Å². The van der Waals surface area contributed by atoms with Gasteiger partial charge in [-0.2, -0.15) is 0 Å². The van der Waals surface area contributed by atoms with E-state index in [1.165, 1.54) is 16.7 Å². The number of rotatable bonds is 9. The lowest BCUT2D eigenvalue weighted by Crippen LogP contribution is -2.37. The maximum Gasteiger partial charge on any atom is 0.355 e. The summed E-state index contributed by atoms with van der Waals surface area (Å²) in [5, 5.41) is 16.1. The topological polar surface area (TPSA) is 118 Å². The van der Waals surface area contributed by atoms with E-state index < -0.39 is 5.97 Å². The number of benzene rings is 1. The van der Waals surface area contributed by atoms with Crippen LogP contribution in [0.25, 0.3) is 0 Å². The smallest absolute Gasteiger partial charge is 0.355 e. The van der Waals surface area contributed by atoms with Gasteiger partial charge < -0.3 is 20.5 Å². The van der Waals surface area contributed by atoms with Crippen molar-refractivity contribution in [3.63, 3.8) is 0 Å². The van der Waals surface area contributed by atoms with Gasteiger partial charge in [0.15, 0.2) is 5.69 Å². The van der Waals surface area contributed by atoms with E-state index >= 15 is 0 Å². The SMILES string of the molecule is CCOc1ccc(C(=O)NCC(=O)NCCc2nc(C(=O)O)cs2)cc1. The first kappa shape index (κ1) is 19.4. The minimum atomic E-state index is -1.08. The third-order valence-electron chi connectivity index (χ3n) is 3.27. The van der Waals surface area contributed by atoms with Gasteiger partial charge in [0, 0.05) is 23.9 Å². The predicted octanol–water partition coefficient (Wildman–Crippen LogP) is 1.33. The summed E-state index contributed by atoms with van der Waals surface area (Å²) in [6, 6.07) is 6.64.